The van der Waals surface area contributed by atoms with Gasteiger partial charge >= 0.3 is 263 Å². The molecule has 0 nitrogen and oxygen atoms in total. The molecule has 1 unspecified atom stereocenters. The molecule has 0 N–H and O–H groups in total. The summed E-state index contributed by atoms with van der Waals surface area (Å²) in [5.74, 6) is -0.281. The van der Waals surface area contributed by atoms with Crippen LogP contribution in [0.4, 0.5) is 0 Å². The summed E-state index contributed by atoms with van der Waals surface area (Å²) in [7, 11) is 0. The fourth-order valence-electron chi connectivity index (χ4n) is 7.63. The van der Waals surface area contributed by atoms with Crippen LogP contribution in [0, 0.1) is 0 Å². The smallest absolute Gasteiger partial charge is 1.00 e. The molecule has 0 aliphatic heterocycles. The molecular formula is C40H34Cl2SiZr. The summed E-state index contributed by atoms with van der Waals surface area (Å²) in [5, 5.41) is 5.33. The molecule has 0 radical (unpaired) electrons. The van der Waals surface area contributed by atoms with Gasteiger partial charge in [0.25, 0.3) is 0 Å². The molecule has 0 aromatic heterocycles. The van der Waals surface area contributed by atoms with Crippen molar-refractivity contribution < 1.29 is 47.2 Å². The first-order chi connectivity index (χ1) is 20.6. The van der Waals surface area contributed by atoms with Crippen molar-refractivity contribution in [1.29, 1.82) is 0 Å². The monoisotopic (exact) mass is 702 g/mol. The van der Waals surface area contributed by atoms with Crippen LogP contribution in [0.3, 0.4) is 0 Å². The van der Waals surface area contributed by atoms with Gasteiger partial charge in [0.2, 0.25) is 0 Å². The summed E-state index contributed by atoms with van der Waals surface area (Å²) >= 11 is -0.615. The van der Waals surface area contributed by atoms with Gasteiger partial charge in [-0.2, -0.15) is 0 Å². The molecule has 2 aliphatic carbocycles. The maximum absolute atomic E-state index is 2.57. The van der Waals surface area contributed by atoms with Gasteiger partial charge in [-0.15, -0.1) is 0 Å². The molecule has 44 heavy (non-hydrogen) atoms. The molecule has 2 aliphatic rings. The Labute approximate surface area is 285 Å². The quantitative estimate of drug-likeness (QED) is 0.189. The number of allylic oxidation sites excluding steroid dienone is 1. The third kappa shape index (κ3) is 5.00. The van der Waals surface area contributed by atoms with E-state index in [2.05, 4.69) is 135 Å². The van der Waals surface area contributed by atoms with E-state index in [9.17, 15) is 0 Å². The molecule has 1 atom stereocenters. The Balaban J connectivity index is 0.00000171. The van der Waals surface area contributed by atoms with Crippen LogP contribution in [0.5, 0.6) is 0 Å². The first kappa shape index (κ1) is 31.3. The molecule has 0 saturated heterocycles. The SMILES string of the molecule is CCC1=Cc2c(-c3cc4ccccc4c4ccccc34)cccc2C1c1[c]([Zr+2][SiH](C)C)ccc2c1Cc1ccccc1-2.[Cl-].[Cl-]. The van der Waals surface area contributed by atoms with Gasteiger partial charge in [0, 0.05) is 0 Å². The molecule has 6 aromatic rings. The second kappa shape index (κ2) is 12.6. The number of fused-ring (bicyclic) bond motifs is 7. The standard InChI is InChI=1S/C38H27.C2H7Si.2ClH.Zr/c1-2-24-21-36-32(35-22-25-11-3-5-13-27(25)29-15-7-8-16-31(29)35)18-10-20-33(36)38(24)34-19-9-17-30-28-14-6-4-12-26(28)23-37(30)34;1-3-2;;;/h3-18,20-22,38H,2,23H2,1H3;3H,1-2H3;2*1H;/q;;;;+2/p-2. The van der Waals surface area contributed by atoms with Crippen LogP contribution in [0.1, 0.15) is 47.1 Å². The first-order valence-corrected chi connectivity index (χ1v) is 23.7. The Morgan fingerprint density at radius 1 is 0.682 bits per heavy atom. The van der Waals surface area contributed by atoms with E-state index in [0.717, 1.165) is 12.8 Å². The van der Waals surface area contributed by atoms with Gasteiger partial charge in [-0.05, 0) is 0 Å². The molecular weight excluding hydrogens is 671 g/mol. The fraction of sp³-hybridized carbons (Fsp3) is 0.150. The molecule has 0 saturated carbocycles. The molecule has 0 heterocycles. The van der Waals surface area contributed by atoms with Crippen LogP contribution in [-0.4, -0.2) is 5.92 Å². The first-order valence-electron chi connectivity index (χ1n) is 15.4. The van der Waals surface area contributed by atoms with Crippen molar-refractivity contribution in [3.63, 3.8) is 0 Å². The van der Waals surface area contributed by atoms with Gasteiger partial charge < -0.3 is 24.8 Å². The number of halogens is 2. The molecule has 8 rings (SSSR count). The summed E-state index contributed by atoms with van der Waals surface area (Å²) in [6.45, 7) is 7.50. The zero-order valence-electron chi connectivity index (χ0n) is 25.3. The second-order valence-electron chi connectivity index (χ2n) is 12.2. The molecule has 0 spiro atoms. The predicted octanol–water partition coefficient (Wildman–Crippen LogP) is 3.87. The van der Waals surface area contributed by atoms with E-state index in [1.807, 2.05) is 0 Å². The van der Waals surface area contributed by atoms with Gasteiger partial charge in [-0.25, -0.2) is 0 Å². The topological polar surface area (TPSA) is 0 Å². The van der Waals surface area contributed by atoms with Crippen LogP contribution >= 0.6 is 0 Å². The van der Waals surface area contributed by atoms with Gasteiger partial charge in [-0.1, -0.05) is 0 Å². The Morgan fingerprint density at radius 3 is 2.18 bits per heavy atom. The predicted molar refractivity (Wildman–Crippen MR) is 180 cm³/mol. The van der Waals surface area contributed by atoms with Gasteiger partial charge in [0.15, 0.2) is 0 Å². The Hall–Kier alpha value is -2.74. The van der Waals surface area contributed by atoms with Crippen LogP contribution in [0.2, 0.25) is 13.1 Å². The van der Waals surface area contributed by atoms with Crippen LogP contribution < -0.4 is 28.1 Å². The minimum Gasteiger partial charge on any atom is -1.00 e. The minimum atomic E-state index is -0.646. The number of hydrogen-bond acceptors (Lipinski definition) is 0. The molecule has 216 valence electrons. The van der Waals surface area contributed by atoms with E-state index in [-0.39, 0.29) is 24.8 Å². The number of rotatable bonds is 5. The van der Waals surface area contributed by atoms with E-state index in [0.29, 0.717) is 5.92 Å². The summed E-state index contributed by atoms with van der Waals surface area (Å²) in [4.78, 5) is 0. The summed E-state index contributed by atoms with van der Waals surface area (Å²) in [6, 6.07) is 41.5. The van der Waals surface area contributed by atoms with Gasteiger partial charge in [0.05, 0.1) is 0 Å². The van der Waals surface area contributed by atoms with Crippen LogP contribution in [0.25, 0.3) is 49.9 Å². The average Bonchev–Trinajstić information content (AvgIpc) is 3.59. The number of benzene rings is 6. The zero-order valence-corrected chi connectivity index (χ0v) is 30.4. The third-order valence-electron chi connectivity index (χ3n) is 9.38. The van der Waals surface area contributed by atoms with Crippen molar-refractivity contribution in [1.82, 2.24) is 0 Å². The van der Waals surface area contributed by atoms with Crippen LogP contribution in [-0.2, 0) is 28.8 Å². The van der Waals surface area contributed by atoms with E-state index in [4.69, 9.17) is 0 Å². The molecule has 6 aromatic carbocycles. The van der Waals surface area contributed by atoms with Crippen LogP contribution in [0.15, 0.2) is 115 Å². The maximum Gasteiger partial charge on any atom is -1.00 e. The fourth-order valence-corrected chi connectivity index (χ4v) is 15.9. The van der Waals surface area contributed by atoms with Crippen molar-refractivity contribution in [3.05, 3.63) is 143 Å². The molecule has 4 heteroatoms. The van der Waals surface area contributed by atoms with E-state index in [1.54, 1.807) is 20.0 Å². The van der Waals surface area contributed by atoms with Crippen molar-refractivity contribution in [2.75, 3.05) is 0 Å². The number of hydrogen-bond donors (Lipinski definition) is 0. The molecule has 0 fully saturated rings. The Kier molecular flexibility index (Phi) is 8.93. The Morgan fingerprint density at radius 2 is 1.39 bits per heavy atom. The molecule has 0 bridgehead atoms. The third-order valence-corrected chi connectivity index (χ3v) is 17.9. The van der Waals surface area contributed by atoms with Gasteiger partial charge in [0.1, 0.15) is 0 Å². The largest absolute Gasteiger partial charge is 1.00 e. The summed E-state index contributed by atoms with van der Waals surface area (Å²) in [6.07, 6.45) is 4.73. The van der Waals surface area contributed by atoms with Crippen molar-refractivity contribution in [3.8, 4) is 22.3 Å². The Bertz CT molecular complexity index is 2080. The van der Waals surface area contributed by atoms with Gasteiger partial charge in [-0.3, -0.25) is 0 Å². The summed E-state index contributed by atoms with van der Waals surface area (Å²) in [5.41, 5.74) is 15.0. The van der Waals surface area contributed by atoms with Crippen molar-refractivity contribution in [2.24, 2.45) is 0 Å². The van der Waals surface area contributed by atoms with Crippen molar-refractivity contribution >= 4 is 36.8 Å². The second-order valence-corrected chi connectivity index (χ2v) is 26.8. The van der Waals surface area contributed by atoms with E-state index in [1.165, 1.54) is 60.5 Å². The summed E-state index contributed by atoms with van der Waals surface area (Å²) < 4.78 is 1.76. The molecule has 0 amide bonds. The van der Waals surface area contributed by atoms with Crippen molar-refractivity contribution in [2.45, 2.75) is 38.8 Å². The van der Waals surface area contributed by atoms with E-state index < -0.39 is 28.3 Å². The van der Waals surface area contributed by atoms with E-state index >= 15 is 0 Å². The zero-order chi connectivity index (χ0) is 28.4. The minimum absolute atomic E-state index is 0. The normalized spacial score (nSPS) is 14.4. The average molecular weight is 705 g/mol. The maximum atomic E-state index is 2.57.